The van der Waals surface area contributed by atoms with Crippen molar-refractivity contribution >= 4 is 15.9 Å². The second kappa shape index (κ2) is 7.56. The zero-order valence-corrected chi connectivity index (χ0v) is 15.5. The standard InChI is InChI=1S/C17H22N4O4S/c1-12-8-15(21(2)20-12)10-18-26(23,24)16-5-3-4-13(9-16)17(22)19-14-6-7-25-11-14/h3-5,8-9,14,18H,6-7,10-11H2,1-2H3,(H,19,22)/t14-/m1/s1. The lowest BCUT2D eigenvalue weighted by Gasteiger charge is -2.12. The Hall–Kier alpha value is -2.23. The van der Waals surface area contributed by atoms with E-state index >= 15 is 0 Å². The number of hydrogen-bond acceptors (Lipinski definition) is 5. The lowest BCUT2D eigenvalue weighted by atomic mass is 10.2. The molecule has 1 aliphatic rings. The zero-order valence-electron chi connectivity index (χ0n) is 14.7. The minimum absolute atomic E-state index is 0.0334. The van der Waals surface area contributed by atoms with Crippen LogP contribution in [0.3, 0.4) is 0 Å². The first-order chi connectivity index (χ1) is 12.3. The molecule has 0 radical (unpaired) electrons. The summed E-state index contributed by atoms with van der Waals surface area (Å²) < 4.78 is 34.5. The summed E-state index contributed by atoms with van der Waals surface area (Å²) >= 11 is 0. The van der Waals surface area contributed by atoms with Crippen LogP contribution < -0.4 is 10.0 Å². The number of amides is 1. The Bertz CT molecular complexity index is 901. The minimum atomic E-state index is -3.75. The summed E-state index contributed by atoms with van der Waals surface area (Å²) in [5.41, 5.74) is 1.87. The zero-order chi connectivity index (χ0) is 18.7. The molecule has 0 unspecified atom stereocenters. The van der Waals surface area contributed by atoms with Crippen LogP contribution in [0, 0.1) is 6.92 Å². The first kappa shape index (κ1) is 18.6. The van der Waals surface area contributed by atoms with Gasteiger partial charge in [-0.1, -0.05) is 6.07 Å². The van der Waals surface area contributed by atoms with Crippen LogP contribution in [0.15, 0.2) is 35.2 Å². The molecule has 1 aromatic heterocycles. The van der Waals surface area contributed by atoms with Gasteiger partial charge in [0.15, 0.2) is 0 Å². The molecule has 1 aliphatic heterocycles. The summed E-state index contributed by atoms with van der Waals surface area (Å²) in [5, 5.41) is 7.04. The van der Waals surface area contributed by atoms with E-state index in [9.17, 15) is 13.2 Å². The molecule has 1 aromatic carbocycles. The number of nitrogens with zero attached hydrogens (tertiary/aromatic N) is 2. The summed E-state index contributed by atoms with van der Waals surface area (Å²) in [6.45, 7) is 3.07. The third-order valence-electron chi connectivity index (χ3n) is 4.21. The Morgan fingerprint density at radius 2 is 2.19 bits per heavy atom. The van der Waals surface area contributed by atoms with Gasteiger partial charge in [0, 0.05) is 19.2 Å². The fourth-order valence-corrected chi connectivity index (χ4v) is 3.85. The molecular weight excluding hydrogens is 356 g/mol. The number of aryl methyl sites for hydroxylation is 2. The molecule has 2 aromatic rings. The lowest BCUT2D eigenvalue weighted by Crippen LogP contribution is -2.35. The van der Waals surface area contributed by atoms with E-state index in [1.807, 2.05) is 13.0 Å². The number of aromatic nitrogens is 2. The van der Waals surface area contributed by atoms with E-state index in [4.69, 9.17) is 4.74 Å². The van der Waals surface area contributed by atoms with Crippen LogP contribution in [0.5, 0.6) is 0 Å². The second-order valence-corrected chi connectivity index (χ2v) is 8.05. The largest absolute Gasteiger partial charge is 0.379 e. The van der Waals surface area contributed by atoms with Crippen molar-refractivity contribution in [1.82, 2.24) is 19.8 Å². The number of ether oxygens (including phenoxy) is 1. The van der Waals surface area contributed by atoms with Gasteiger partial charge in [-0.2, -0.15) is 5.10 Å². The Morgan fingerprint density at radius 3 is 2.85 bits per heavy atom. The van der Waals surface area contributed by atoms with E-state index in [-0.39, 0.29) is 23.4 Å². The number of rotatable bonds is 6. The molecule has 140 valence electrons. The third-order valence-corrected chi connectivity index (χ3v) is 5.61. The molecule has 3 rings (SSSR count). The topological polar surface area (TPSA) is 102 Å². The predicted octanol–water partition coefficient (Wildman–Crippen LogP) is 0.726. The summed E-state index contributed by atoms with van der Waals surface area (Å²) in [6, 6.07) is 7.77. The number of sulfonamides is 1. The van der Waals surface area contributed by atoms with Crippen LogP contribution in [-0.2, 0) is 28.4 Å². The maximum absolute atomic E-state index is 12.6. The summed E-state index contributed by atoms with van der Waals surface area (Å²) in [5.74, 6) is -0.306. The molecule has 8 nitrogen and oxygen atoms in total. The molecule has 0 aliphatic carbocycles. The Morgan fingerprint density at radius 1 is 1.38 bits per heavy atom. The maximum atomic E-state index is 12.6. The van der Waals surface area contributed by atoms with Gasteiger partial charge in [-0.15, -0.1) is 0 Å². The van der Waals surface area contributed by atoms with Gasteiger partial charge in [0.1, 0.15) is 0 Å². The highest BCUT2D eigenvalue weighted by atomic mass is 32.2. The van der Waals surface area contributed by atoms with Crippen LogP contribution >= 0.6 is 0 Å². The van der Waals surface area contributed by atoms with E-state index in [0.717, 1.165) is 17.8 Å². The van der Waals surface area contributed by atoms with Crippen molar-refractivity contribution in [3.8, 4) is 0 Å². The first-order valence-corrected chi connectivity index (χ1v) is 9.81. The van der Waals surface area contributed by atoms with Gasteiger partial charge in [-0.3, -0.25) is 9.48 Å². The molecule has 1 fully saturated rings. The fourth-order valence-electron chi connectivity index (χ4n) is 2.80. The average molecular weight is 378 g/mol. The van der Waals surface area contributed by atoms with Crippen LogP contribution in [0.4, 0.5) is 0 Å². The van der Waals surface area contributed by atoms with Crippen molar-refractivity contribution < 1.29 is 17.9 Å². The van der Waals surface area contributed by atoms with Crippen LogP contribution in [0.1, 0.15) is 28.2 Å². The molecule has 9 heteroatoms. The number of nitrogens with one attached hydrogen (secondary N) is 2. The molecule has 0 bridgehead atoms. The molecule has 2 heterocycles. The van der Waals surface area contributed by atoms with Crippen molar-refractivity contribution in [2.75, 3.05) is 13.2 Å². The van der Waals surface area contributed by atoms with Crippen LogP contribution in [-0.4, -0.2) is 43.4 Å². The summed E-state index contributed by atoms with van der Waals surface area (Å²) in [4.78, 5) is 12.4. The van der Waals surface area contributed by atoms with Gasteiger partial charge in [0.2, 0.25) is 10.0 Å². The van der Waals surface area contributed by atoms with Crippen molar-refractivity contribution in [3.63, 3.8) is 0 Å². The second-order valence-electron chi connectivity index (χ2n) is 6.29. The van der Waals surface area contributed by atoms with E-state index in [0.29, 0.717) is 18.8 Å². The fraction of sp³-hybridized carbons (Fsp3) is 0.412. The molecule has 2 N–H and O–H groups in total. The van der Waals surface area contributed by atoms with Crippen molar-refractivity contribution in [2.24, 2.45) is 7.05 Å². The quantitative estimate of drug-likeness (QED) is 0.771. The van der Waals surface area contributed by atoms with E-state index in [1.165, 1.54) is 12.1 Å². The van der Waals surface area contributed by atoms with Crippen molar-refractivity contribution in [2.45, 2.75) is 30.8 Å². The summed E-state index contributed by atoms with van der Waals surface area (Å²) in [6.07, 6.45) is 0.759. The third kappa shape index (κ3) is 4.29. The number of hydrogen-bond donors (Lipinski definition) is 2. The number of carbonyl (C=O) groups excluding carboxylic acids is 1. The molecule has 26 heavy (non-hydrogen) atoms. The van der Waals surface area contributed by atoms with Gasteiger partial charge in [-0.05, 0) is 37.6 Å². The monoisotopic (exact) mass is 378 g/mol. The summed E-state index contributed by atoms with van der Waals surface area (Å²) in [7, 11) is -1.99. The highest BCUT2D eigenvalue weighted by molar-refractivity contribution is 7.89. The van der Waals surface area contributed by atoms with Crippen LogP contribution in [0.2, 0.25) is 0 Å². The van der Waals surface area contributed by atoms with E-state index in [2.05, 4.69) is 15.1 Å². The van der Waals surface area contributed by atoms with Crippen molar-refractivity contribution in [1.29, 1.82) is 0 Å². The average Bonchev–Trinajstić information content (AvgIpc) is 3.22. The smallest absolute Gasteiger partial charge is 0.251 e. The normalized spacial score (nSPS) is 17.4. The highest BCUT2D eigenvalue weighted by Crippen LogP contribution is 2.14. The van der Waals surface area contributed by atoms with Crippen LogP contribution in [0.25, 0.3) is 0 Å². The Kier molecular flexibility index (Phi) is 5.40. The highest BCUT2D eigenvalue weighted by Gasteiger charge is 2.20. The molecule has 0 saturated carbocycles. The Labute approximate surface area is 152 Å². The van der Waals surface area contributed by atoms with Gasteiger partial charge < -0.3 is 10.1 Å². The molecule has 0 spiro atoms. The predicted molar refractivity (Wildman–Crippen MR) is 95.1 cm³/mol. The lowest BCUT2D eigenvalue weighted by molar-refractivity contribution is 0.0929. The number of benzene rings is 1. The molecule has 1 atom stereocenters. The van der Waals surface area contributed by atoms with Gasteiger partial charge >= 0.3 is 0 Å². The van der Waals surface area contributed by atoms with E-state index < -0.39 is 10.0 Å². The molecule has 1 saturated heterocycles. The van der Waals surface area contributed by atoms with Gasteiger partial charge in [0.25, 0.3) is 5.91 Å². The molecule has 1 amide bonds. The van der Waals surface area contributed by atoms with Gasteiger partial charge in [-0.25, -0.2) is 13.1 Å². The maximum Gasteiger partial charge on any atom is 0.251 e. The first-order valence-electron chi connectivity index (χ1n) is 8.33. The number of carbonyl (C=O) groups is 1. The van der Waals surface area contributed by atoms with Crippen molar-refractivity contribution in [3.05, 3.63) is 47.3 Å². The molecular formula is C17H22N4O4S. The Balaban J connectivity index is 1.71. The van der Waals surface area contributed by atoms with E-state index in [1.54, 1.807) is 23.9 Å². The van der Waals surface area contributed by atoms with Gasteiger partial charge in [0.05, 0.1) is 35.5 Å². The SMILES string of the molecule is Cc1cc(CNS(=O)(=O)c2cccc(C(=O)N[C@@H]3CCOC3)c2)n(C)n1. The minimum Gasteiger partial charge on any atom is -0.379 e.